The van der Waals surface area contributed by atoms with Gasteiger partial charge in [0.25, 0.3) is 10.0 Å². The summed E-state index contributed by atoms with van der Waals surface area (Å²) in [5.74, 6) is 1.45. The molecular weight excluding hydrogens is 304 g/mol. The van der Waals surface area contributed by atoms with Crippen LogP contribution in [0.2, 0.25) is 0 Å². The number of piperazine rings is 1. The summed E-state index contributed by atoms with van der Waals surface area (Å²) in [6.45, 7) is 3.25. The van der Waals surface area contributed by atoms with Gasteiger partial charge >= 0.3 is 0 Å². The van der Waals surface area contributed by atoms with Gasteiger partial charge in [0.1, 0.15) is 11.6 Å². The SMILES string of the molecule is Cc1nc(S(=O)(=O)N2CCN(C)C(c3ncc[nH]3)C2)cn1C. The van der Waals surface area contributed by atoms with Gasteiger partial charge in [0, 0.05) is 45.3 Å². The molecule has 1 N–H and O–H groups in total. The van der Waals surface area contributed by atoms with E-state index < -0.39 is 10.0 Å². The summed E-state index contributed by atoms with van der Waals surface area (Å²) >= 11 is 0. The van der Waals surface area contributed by atoms with E-state index in [2.05, 4.69) is 19.9 Å². The number of hydrogen-bond acceptors (Lipinski definition) is 5. The molecule has 22 heavy (non-hydrogen) atoms. The van der Waals surface area contributed by atoms with E-state index in [0.717, 1.165) is 5.82 Å². The number of nitrogens with zero attached hydrogens (tertiary/aromatic N) is 5. The third-order valence-electron chi connectivity index (χ3n) is 4.14. The van der Waals surface area contributed by atoms with Crippen LogP contribution in [0.15, 0.2) is 23.6 Å². The van der Waals surface area contributed by atoms with Gasteiger partial charge in [0.15, 0.2) is 5.03 Å². The molecule has 1 saturated heterocycles. The summed E-state index contributed by atoms with van der Waals surface area (Å²) in [5, 5.41) is 0.107. The van der Waals surface area contributed by atoms with E-state index in [4.69, 9.17) is 0 Å². The van der Waals surface area contributed by atoms with Crippen LogP contribution in [-0.4, -0.2) is 63.8 Å². The smallest absolute Gasteiger partial charge is 0.262 e. The average molecular weight is 324 g/mol. The molecule has 0 amide bonds. The lowest BCUT2D eigenvalue weighted by Gasteiger charge is -2.37. The largest absolute Gasteiger partial charge is 0.347 e. The monoisotopic (exact) mass is 324 g/mol. The van der Waals surface area contributed by atoms with Gasteiger partial charge in [-0.2, -0.15) is 4.31 Å². The van der Waals surface area contributed by atoms with Crippen molar-refractivity contribution < 1.29 is 8.42 Å². The Kier molecular flexibility index (Phi) is 3.79. The normalized spacial score (nSPS) is 21.3. The molecule has 9 heteroatoms. The van der Waals surface area contributed by atoms with Crippen molar-refractivity contribution >= 4 is 10.0 Å². The summed E-state index contributed by atoms with van der Waals surface area (Å²) in [6.07, 6.45) is 4.99. The molecule has 3 heterocycles. The molecule has 1 aliphatic heterocycles. The quantitative estimate of drug-likeness (QED) is 0.867. The van der Waals surface area contributed by atoms with Crippen LogP contribution in [0.5, 0.6) is 0 Å². The molecule has 1 fully saturated rings. The predicted octanol–water partition coefficient (Wildman–Crippen LogP) is 0.129. The summed E-state index contributed by atoms with van der Waals surface area (Å²) < 4.78 is 28.8. The second-order valence-corrected chi connectivity index (χ2v) is 7.46. The van der Waals surface area contributed by atoms with Crippen molar-refractivity contribution in [3.63, 3.8) is 0 Å². The molecule has 1 aliphatic rings. The Morgan fingerprint density at radius 2 is 2.09 bits per heavy atom. The number of aromatic nitrogens is 4. The lowest BCUT2D eigenvalue weighted by molar-refractivity contribution is 0.142. The molecule has 8 nitrogen and oxygen atoms in total. The van der Waals surface area contributed by atoms with E-state index in [1.54, 1.807) is 37.1 Å². The number of sulfonamides is 1. The van der Waals surface area contributed by atoms with Crippen molar-refractivity contribution in [1.29, 1.82) is 0 Å². The fourth-order valence-corrected chi connectivity index (χ4v) is 4.07. The highest BCUT2D eigenvalue weighted by molar-refractivity contribution is 7.89. The van der Waals surface area contributed by atoms with Crippen LogP contribution in [0.1, 0.15) is 17.7 Å². The van der Waals surface area contributed by atoms with Gasteiger partial charge < -0.3 is 9.55 Å². The average Bonchev–Trinajstić information content (AvgIpc) is 3.10. The van der Waals surface area contributed by atoms with Gasteiger partial charge in [-0.05, 0) is 14.0 Å². The van der Waals surface area contributed by atoms with Crippen molar-refractivity contribution in [2.45, 2.75) is 18.0 Å². The number of aromatic amines is 1. The fourth-order valence-electron chi connectivity index (χ4n) is 2.60. The van der Waals surface area contributed by atoms with E-state index in [1.165, 1.54) is 4.31 Å². The fraction of sp³-hybridized carbons (Fsp3) is 0.538. The number of nitrogens with one attached hydrogen (secondary N) is 1. The Bertz CT molecular complexity index is 732. The van der Waals surface area contributed by atoms with E-state index in [1.807, 2.05) is 7.05 Å². The first-order chi connectivity index (χ1) is 10.4. The highest BCUT2D eigenvalue weighted by Gasteiger charge is 2.35. The summed E-state index contributed by atoms with van der Waals surface area (Å²) in [7, 11) is 0.185. The second-order valence-electron chi connectivity index (χ2n) is 5.57. The molecule has 3 rings (SSSR count). The maximum atomic E-state index is 12.8. The first-order valence-corrected chi connectivity index (χ1v) is 8.53. The molecule has 0 aromatic carbocycles. The van der Waals surface area contributed by atoms with Crippen LogP contribution in [0.4, 0.5) is 0 Å². The van der Waals surface area contributed by atoms with Gasteiger partial charge in [-0.25, -0.2) is 18.4 Å². The van der Waals surface area contributed by atoms with Crippen molar-refractivity contribution in [3.05, 3.63) is 30.2 Å². The number of hydrogen-bond donors (Lipinski definition) is 1. The Labute approximate surface area is 129 Å². The Morgan fingerprint density at radius 3 is 2.68 bits per heavy atom. The Balaban J connectivity index is 1.88. The number of aryl methyl sites for hydroxylation is 2. The van der Waals surface area contributed by atoms with E-state index >= 15 is 0 Å². The van der Waals surface area contributed by atoms with Crippen molar-refractivity contribution in [2.24, 2.45) is 7.05 Å². The van der Waals surface area contributed by atoms with E-state index in [9.17, 15) is 8.42 Å². The summed E-state index contributed by atoms with van der Waals surface area (Å²) in [5.41, 5.74) is 0. The zero-order chi connectivity index (χ0) is 15.9. The van der Waals surface area contributed by atoms with Crippen LogP contribution < -0.4 is 0 Å². The van der Waals surface area contributed by atoms with Crippen LogP contribution in [0.25, 0.3) is 0 Å². The van der Waals surface area contributed by atoms with Gasteiger partial charge in [-0.15, -0.1) is 0 Å². The number of H-pyrrole nitrogens is 1. The minimum Gasteiger partial charge on any atom is -0.347 e. The van der Waals surface area contributed by atoms with Gasteiger partial charge in [0.2, 0.25) is 0 Å². The van der Waals surface area contributed by atoms with Crippen LogP contribution in [0.3, 0.4) is 0 Å². The molecule has 0 radical (unpaired) electrons. The zero-order valence-corrected chi connectivity index (χ0v) is 13.7. The van der Waals surface area contributed by atoms with Crippen LogP contribution in [0, 0.1) is 6.92 Å². The predicted molar refractivity (Wildman–Crippen MR) is 80.7 cm³/mol. The zero-order valence-electron chi connectivity index (χ0n) is 12.9. The van der Waals surface area contributed by atoms with Gasteiger partial charge in [0.05, 0.1) is 6.04 Å². The molecule has 0 spiro atoms. The molecular formula is C13H20N6O2S. The molecule has 2 aromatic rings. The lowest BCUT2D eigenvalue weighted by Crippen LogP contribution is -2.49. The van der Waals surface area contributed by atoms with E-state index in [0.29, 0.717) is 25.5 Å². The number of rotatable bonds is 3. The third-order valence-corrected chi connectivity index (χ3v) is 5.87. The molecule has 0 saturated carbocycles. The van der Waals surface area contributed by atoms with E-state index in [-0.39, 0.29) is 11.1 Å². The summed E-state index contributed by atoms with van der Waals surface area (Å²) in [6, 6.07) is -0.0802. The van der Waals surface area contributed by atoms with Crippen LogP contribution in [-0.2, 0) is 17.1 Å². The molecule has 1 atom stereocenters. The van der Waals surface area contributed by atoms with Gasteiger partial charge in [-0.1, -0.05) is 0 Å². The minimum atomic E-state index is -3.58. The summed E-state index contributed by atoms with van der Waals surface area (Å²) in [4.78, 5) is 13.6. The maximum Gasteiger partial charge on any atom is 0.262 e. The van der Waals surface area contributed by atoms with Crippen molar-refractivity contribution in [3.8, 4) is 0 Å². The standard InChI is InChI=1S/C13H20N6O2S/c1-10-16-12(9-18(10)3)22(20,21)19-7-6-17(2)11(8-19)13-14-4-5-15-13/h4-5,9,11H,6-8H2,1-3H3,(H,14,15). The molecule has 0 aliphatic carbocycles. The lowest BCUT2D eigenvalue weighted by atomic mass is 10.2. The van der Waals surface area contributed by atoms with Crippen LogP contribution >= 0.6 is 0 Å². The first-order valence-electron chi connectivity index (χ1n) is 7.09. The Hall–Kier alpha value is -1.71. The number of imidazole rings is 2. The highest BCUT2D eigenvalue weighted by atomic mass is 32.2. The van der Waals surface area contributed by atoms with Crippen molar-refractivity contribution in [2.75, 3.05) is 26.7 Å². The molecule has 2 aromatic heterocycles. The third kappa shape index (κ3) is 2.55. The molecule has 1 unspecified atom stereocenters. The number of likely N-dealkylation sites (N-methyl/N-ethyl adjacent to an activating group) is 1. The highest BCUT2D eigenvalue weighted by Crippen LogP contribution is 2.25. The molecule has 0 bridgehead atoms. The topological polar surface area (TPSA) is 87.1 Å². The minimum absolute atomic E-state index is 0.0802. The molecule has 120 valence electrons. The van der Waals surface area contributed by atoms with Crippen molar-refractivity contribution in [1.82, 2.24) is 28.7 Å². The van der Waals surface area contributed by atoms with Gasteiger partial charge in [-0.3, -0.25) is 4.90 Å². The second kappa shape index (κ2) is 5.49. The maximum absolute atomic E-state index is 12.8. The first kappa shape index (κ1) is 15.2. The Morgan fingerprint density at radius 1 is 1.32 bits per heavy atom.